The Labute approximate surface area is 115 Å². The third kappa shape index (κ3) is 2.51. The molecule has 0 aromatic carbocycles. The minimum absolute atomic E-state index is 0.00632. The van der Waals surface area contributed by atoms with Gasteiger partial charge in [-0.2, -0.15) is 0 Å². The largest absolute Gasteiger partial charge is 0.370 e. The molecule has 5 amide bonds. The molecule has 1 saturated heterocycles. The van der Waals surface area contributed by atoms with Crippen LogP contribution in [0.5, 0.6) is 0 Å². The Morgan fingerprint density at radius 3 is 2.55 bits per heavy atom. The molecule has 3 N–H and O–H groups in total. The molecule has 8 nitrogen and oxygen atoms in total. The zero-order chi connectivity index (χ0) is 14.8. The van der Waals surface area contributed by atoms with Crippen LogP contribution in [0, 0.1) is 5.41 Å². The molecule has 1 saturated carbocycles. The van der Waals surface area contributed by atoms with Gasteiger partial charge in [-0.05, 0) is 12.8 Å². The summed E-state index contributed by atoms with van der Waals surface area (Å²) in [5.74, 6) is -1.59. The average molecular weight is 283 g/mol. The predicted molar refractivity (Wildman–Crippen MR) is 66.2 cm³/mol. The summed E-state index contributed by atoms with van der Waals surface area (Å²) in [6, 6.07) is -0.736. The number of barbiturate groups is 1. The summed E-state index contributed by atoms with van der Waals surface area (Å²) in [6.45, 7) is -0.271. The molecular formula is C12H17N3O5. The lowest BCUT2D eigenvalue weighted by Crippen LogP contribution is -2.63. The number of ether oxygens (including phenoxy) is 1. The summed E-state index contributed by atoms with van der Waals surface area (Å²) in [5.41, 5.74) is 3.81. The number of imide groups is 2. The van der Waals surface area contributed by atoms with E-state index in [4.69, 9.17) is 10.5 Å². The average Bonchev–Trinajstić information content (AvgIpc) is 2.86. The molecule has 20 heavy (non-hydrogen) atoms. The van der Waals surface area contributed by atoms with Crippen LogP contribution in [-0.4, -0.2) is 48.4 Å². The van der Waals surface area contributed by atoms with Crippen molar-refractivity contribution in [3.05, 3.63) is 0 Å². The fraction of sp³-hybridized carbons (Fsp3) is 0.667. The van der Waals surface area contributed by atoms with Crippen LogP contribution in [0.1, 0.15) is 25.7 Å². The summed E-state index contributed by atoms with van der Waals surface area (Å²) >= 11 is 0. The highest BCUT2D eigenvalue weighted by Gasteiger charge is 2.54. The molecule has 1 heterocycles. The number of hydrogen-bond donors (Lipinski definition) is 2. The van der Waals surface area contributed by atoms with Gasteiger partial charge >= 0.3 is 6.03 Å². The fourth-order valence-corrected chi connectivity index (χ4v) is 2.68. The standard InChI is InChI=1S/C12H17N3O5/c13-8(16)7-20-6-5-15-10(18)12(3-1-2-4-12)9(17)14-11(15)19/h1-7H2,(H2,13,16)(H,14,17,19). The second-order valence-electron chi connectivity index (χ2n) is 5.02. The summed E-state index contributed by atoms with van der Waals surface area (Å²) < 4.78 is 4.94. The molecule has 1 aliphatic carbocycles. The van der Waals surface area contributed by atoms with E-state index in [1.807, 2.05) is 0 Å². The van der Waals surface area contributed by atoms with E-state index in [-0.39, 0.29) is 19.8 Å². The Kier molecular flexibility index (Phi) is 4.03. The molecule has 2 aliphatic rings. The number of rotatable bonds is 5. The van der Waals surface area contributed by atoms with Gasteiger partial charge in [0.15, 0.2) is 0 Å². The van der Waals surface area contributed by atoms with Crippen LogP contribution in [0.15, 0.2) is 0 Å². The number of urea groups is 1. The summed E-state index contributed by atoms with van der Waals surface area (Å²) in [6.07, 6.45) is 2.51. The maximum atomic E-state index is 12.4. The molecule has 0 atom stereocenters. The maximum absolute atomic E-state index is 12.4. The van der Waals surface area contributed by atoms with Gasteiger partial charge < -0.3 is 10.5 Å². The smallest absolute Gasteiger partial charge is 0.330 e. The van der Waals surface area contributed by atoms with Gasteiger partial charge in [0.25, 0.3) is 0 Å². The normalized spacial score (nSPS) is 21.4. The maximum Gasteiger partial charge on any atom is 0.330 e. The van der Waals surface area contributed by atoms with E-state index in [0.717, 1.165) is 17.7 Å². The molecule has 2 rings (SSSR count). The van der Waals surface area contributed by atoms with Gasteiger partial charge in [0.2, 0.25) is 17.7 Å². The lowest BCUT2D eigenvalue weighted by atomic mass is 9.82. The summed E-state index contributed by atoms with van der Waals surface area (Å²) in [5, 5.41) is 2.22. The van der Waals surface area contributed by atoms with Crippen molar-refractivity contribution in [1.82, 2.24) is 10.2 Å². The molecule has 0 unspecified atom stereocenters. The van der Waals surface area contributed by atoms with Gasteiger partial charge in [-0.1, -0.05) is 12.8 Å². The number of nitrogens with two attached hydrogens (primary N) is 1. The third-order valence-corrected chi connectivity index (χ3v) is 3.72. The number of amides is 5. The number of carbonyl (C=O) groups is 4. The Morgan fingerprint density at radius 1 is 1.30 bits per heavy atom. The molecule has 1 aliphatic heterocycles. The predicted octanol–water partition coefficient (Wildman–Crippen LogP) is -0.873. The first-order chi connectivity index (χ1) is 9.47. The first kappa shape index (κ1) is 14.4. The molecule has 0 bridgehead atoms. The summed E-state index contributed by atoms with van der Waals surface area (Å²) in [7, 11) is 0. The van der Waals surface area contributed by atoms with Crippen LogP contribution in [0.3, 0.4) is 0 Å². The van der Waals surface area contributed by atoms with E-state index in [9.17, 15) is 19.2 Å². The van der Waals surface area contributed by atoms with Crippen LogP contribution in [0.25, 0.3) is 0 Å². The molecule has 8 heteroatoms. The van der Waals surface area contributed by atoms with Crippen molar-refractivity contribution in [3.8, 4) is 0 Å². The van der Waals surface area contributed by atoms with E-state index in [1.165, 1.54) is 0 Å². The monoisotopic (exact) mass is 283 g/mol. The molecule has 1 spiro atoms. The van der Waals surface area contributed by atoms with Gasteiger partial charge in [0, 0.05) is 0 Å². The fourth-order valence-electron chi connectivity index (χ4n) is 2.68. The Morgan fingerprint density at radius 2 is 1.95 bits per heavy atom. The number of carbonyl (C=O) groups excluding carboxylic acids is 4. The second-order valence-corrected chi connectivity index (χ2v) is 5.02. The van der Waals surface area contributed by atoms with Gasteiger partial charge in [0.1, 0.15) is 12.0 Å². The van der Waals surface area contributed by atoms with Crippen molar-refractivity contribution in [2.45, 2.75) is 25.7 Å². The van der Waals surface area contributed by atoms with E-state index < -0.39 is 29.2 Å². The van der Waals surface area contributed by atoms with Crippen molar-refractivity contribution < 1.29 is 23.9 Å². The molecule has 0 aromatic rings. The lowest BCUT2D eigenvalue weighted by molar-refractivity contribution is -0.151. The Balaban J connectivity index is 2.01. The number of nitrogens with one attached hydrogen (secondary N) is 1. The molecule has 110 valence electrons. The van der Waals surface area contributed by atoms with E-state index >= 15 is 0 Å². The van der Waals surface area contributed by atoms with Crippen LogP contribution < -0.4 is 11.1 Å². The minimum atomic E-state index is -1.10. The van der Waals surface area contributed by atoms with Gasteiger partial charge in [-0.25, -0.2) is 4.79 Å². The van der Waals surface area contributed by atoms with Gasteiger partial charge in [-0.15, -0.1) is 0 Å². The molecule has 0 radical (unpaired) electrons. The SMILES string of the molecule is NC(=O)COCCN1C(=O)NC(=O)C2(CCCC2)C1=O. The Bertz CT molecular complexity index is 456. The lowest BCUT2D eigenvalue weighted by Gasteiger charge is -2.36. The molecular weight excluding hydrogens is 266 g/mol. The highest BCUT2D eigenvalue weighted by Crippen LogP contribution is 2.41. The van der Waals surface area contributed by atoms with Crippen molar-refractivity contribution in [1.29, 1.82) is 0 Å². The zero-order valence-corrected chi connectivity index (χ0v) is 11.0. The van der Waals surface area contributed by atoms with Crippen molar-refractivity contribution in [3.63, 3.8) is 0 Å². The number of nitrogens with zero attached hydrogens (tertiary/aromatic N) is 1. The van der Waals surface area contributed by atoms with Gasteiger partial charge in [-0.3, -0.25) is 24.6 Å². The molecule has 2 fully saturated rings. The topological polar surface area (TPSA) is 119 Å². The quantitative estimate of drug-likeness (QED) is 0.502. The van der Waals surface area contributed by atoms with E-state index in [2.05, 4.69) is 5.32 Å². The van der Waals surface area contributed by atoms with Crippen molar-refractivity contribution in [2.75, 3.05) is 19.8 Å². The van der Waals surface area contributed by atoms with Crippen LogP contribution in [-0.2, 0) is 19.1 Å². The highest BCUT2D eigenvalue weighted by molar-refractivity contribution is 6.19. The van der Waals surface area contributed by atoms with Crippen LogP contribution in [0.4, 0.5) is 4.79 Å². The Hall–Kier alpha value is -1.96. The zero-order valence-electron chi connectivity index (χ0n) is 11.0. The first-order valence-electron chi connectivity index (χ1n) is 6.51. The van der Waals surface area contributed by atoms with Crippen LogP contribution >= 0.6 is 0 Å². The number of primary amides is 1. The highest BCUT2D eigenvalue weighted by atomic mass is 16.5. The van der Waals surface area contributed by atoms with E-state index in [1.54, 1.807) is 0 Å². The van der Waals surface area contributed by atoms with Crippen molar-refractivity contribution >= 4 is 23.8 Å². The summed E-state index contributed by atoms with van der Waals surface area (Å²) in [4.78, 5) is 47.5. The number of hydrogen-bond acceptors (Lipinski definition) is 5. The first-order valence-corrected chi connectivity index (χ1v) is 6.51. The van der Waals surface area contributed by atoms with Crippen molar-refractivity contribution in [2.24, 2.45) is 11.1 Å². The third-order valence-electron chi connectivity index (χ3n) is 3.72. The van der Waals surface area contributed by atoms with Crippen LogP contribution in [0.2, 0.25) is 0 Å². The minimum Gasteiger partial charge on any atom is -0.370 e. The second kappa shape index (κ2) is 5.58. The van der Waals surface area contributed by atoms with E-state index in [0.29, 0.717) is 12.8 Å². The molecule has 0 aromatic heterocycles. The van der Waals surface area contributed by atoms with Gasteiger partial charge in [0.05, 0.1) is 13.2 Å².